The van der Waals surface area contributed by atoms with Crippen LogP contribution in [-0.4, -0.2) is 48.4 Å². The molecule has 1 fully saturated rings. The van der Waals surface area contributed by atoms with Gasteiger partial charge in [-0.2, -0.15) is 0 Å². The molecule has 0 spiro atoms. The molecular weight excluding hydrogens is 264 g/mol. The van der Waals surface area contributed by atoms with E-state index in [1.165, 1.54) is 0 Å². The smallest absolute Gasteiger partial charge is 0.256 e. The van der Waals surface area contributed by atoms with Crippen molar-refractivity contribution in [2.75, 3.05) is 38.1 Å². The van der Waals surface area contributed by atoms with Crippen molar-refractivity contribution in [1.29, 1.82) is 0 Å². The van der Waals surface area contributed by atoms with Gasteiger partial charge in [0.15, 0.2) is 0 Å². The first-order valence-electron chi connectivity index (χ1n) is 7.60. The molecule has 0 bridgehead atoms. The van der Waals surface area contributed by atoms with Crippen molar-refractivity contribution in [2.45, 2.75) is 20.8 Å². The number of hydrazine groups is 1. The van der Waals surface area contributed by atoms with Crippen molar-refractivity contribution < 1.29 is 4.79 Å². The summed E-state index contributed by atoms with van der Waals surface area (Å²) in [5, 5.41) is 0. The first kappa shape index (κ1) is 15.8. The maximum atomic E-state index is 12.6. The SMILES string of the molecule is Cc1ccc(C(=O)N2CCN(CC(C)C)CC2)c(NN)c1. The number of rotatable bonds is 4. The van der Waals surface area contributed by atoms with E-state index in [2.05, 4.69) is 24.2 Å². The highest BCUT2D eigenvalue weighted by Gasteiger charge is 2.23. The van der Waals surface area contributed by atoms with Gasteiger partial charge in [-0.3, -0.25) is 15.5 Å². The summed E-state index contributed by atoms with van der Waals surface area (Å²) in [5.74, 6) is 6.26. The molecule has 1 aliphatic heterocycles. The van der Waals surface area contributed by atoms with Crippen LogP contribution in [0.2, 0.25) is 0 Å². The minimum atomic E-state index is 0.0622. The molecule has 5 heteroatoms. The number of piperazine rings is 1. The van der Waals surface area contributed by atoms with Gasteiger partial charge < -0.3 is 10.3 Å². The van der Waals surface area contributed by atoms with Gasteiger partial charge in [-0.05, 0) is 30.5 Å². The highest BCUT2D eigenvalue weighted by Crippen LogP contribution is 2.19. The molecule has 0 saturated carbocycles. The number of nitrogens with one attached hydrogen (secondary N) is 1. The van der Waals surface area contributed by atoms with Crippen LogP contribution in [0.3, 0.4) is 0 Å². The number of amides is 1. The van der Waals surface area contributed by atoms with Crippen LogP contribution in [0.5, 0.6) is 0 Å². The maximum Gasteiger partial charge on any atom is 0.256 e. The topological polar surface area (TPSA) is 61.6 Å². The lowest BCUT2D eigenvalue weighted by atomic mass is 10.1. The summed E-state index contributed by atoms with van der Waals surface area (Å²) in [6, 6.07) is 5.71. The first-order chi connectivity index (χ1) is 10.0. The summed E-state index contributed by atoms with van der Waals surface area (Å²) in [6.45, 7) is 11.0. The molecule has 1 aromatic rings. The quantitative estimate of drug-likeness (QED) is 0.654. The highest BCUT2D eigenvalue weighted by molar-refractivity contribution is 5.99. The largest absolute Gasteiger partial charge is 0.336 e. The Balaban J connectivity index is 2.02. The first-order valence-corrected chi connectivity index (χ1v) is 7.60. The zero-order valence-corrected chi connectivity index (χ0v) is 13.2. The predicted molar refractivity (Wildman–Crippen MR) is 86.2 cm³/mol. The van der Waals surface area contributed by atoms with Crippen molar-refractivity contribution in [1.82, 2.24) is 9.80 Å². The Morgan fingerprint density at radius 2 is 1.95 bits per heavy atom. The molecule has 0 atom stereocenters. The lowest BCUT2D eigenvalue weighted by molar-refractivity contribution is 0.0624. The van der Waals surface area contributed by atoms with Crippen LogP contribution >= 0.6 is 0 Å². The monoisotopic (exact) mass is 290 g/mol. The predicted octanol–water partition coefficient (Wildman–Crippen LogP) is 1.69. The number of hydrogen-bond donors (Lipinski definition) is 2. The van der Waals surface area contributed by atoms with Crippen LogP contribution in [-0.2, 0) is 0 Å². The van der Waals surface area contributed by atoms with Crippen molar-refractivity contribution in [3.8, 4) is 0 Å². The average Bonchev–Trinajstić information content (AvgIpc) is 2.46. The maximum absolute atomic E-state index is 12.6. The molecular formula is C16H26N4O. The molecule has 0 radical (unpaired) electrons. The summed E-state index contributed by atoms with van der Waals surface area (Å²) in [4.78, 5) is 17.0. The summed E-state index contributed by atoms with van der Waals surface area (Å²) >= 11 is 0. The van der Waals surface area contributed by atoms with Crippen LogP contribution < -0.4 is 11.3 Å². The van der Waals surface area contributed by atoms with Crippen molar-refractivity contribution in [2.24, 2.45) is 11.8 Å². The Kier molecular flexibility index (Phi) is 5.20. The summed E-state index contributed by atoms with van der Waals surface area (Å²) in [7, 11) is 0. The third-order valence-electron chi connectivity index (χ3n) is 3.84. The van der Waals surface area contributed by atoms with E-state index >= 15 is 0 Å². The van der Waals surface area contributed by atoms with Gasteiger partial charge in [0.05, 0.1) is 11.3 Å². The Morgan fingerprint density at radius 3 is 2.52 bits per heavy atom. The van der Waals surface area contributed by atoms with E-state index in [1.807, 2.05) is 30.0 Å². The minimum Gasteiger partial charge on any atom is -0.336 e. The molecule has 1 amide bonds. The van der Waals surface area contributed by atoms with E-state index in [0.29, 0.717) is 17.2 Å². The zero-order valence-electron chi connectivity index (χ0n) is 13.2. The number of benzene rings is 1. The number of nitrogens with zero attached hydrogens (tertiary/aromatic N) is 2. The van der Waals surface area contributed by atoms with Gasteiger partial charge in [-0.1, -0.05) is 19.9 Å². The number of aryl methyl sites for hydroxylation is 1. The molecule has 1 aliphatic rings. The molecule has 1 saturated heterocycles. The summed E-state index contributed by atoms with van der Waals surface area (Å²) < 4.78 is 0. The average molecular weight is 290 g/mol. The molecule has 3 N–H and O–H groups in total. The molecule has 0 unspecified atom stereocenters. The number of anilines is 1. The number of nitrogen functional groups attached to an aromatic ring is 1. The molecule has 5 nitrogen and oxygen atoms in total. The lowest BCUT2D eigenvalue weighted by Crippen LogP contribution is -2.49. The Bertz CT molecular complexity index is 493. The second-order valence-corrected chi connectivity index (χ2v) is 6.18. The third-order valence-corrected chi connectivity index (χ3v) is 3.84. The van der Waals surface area contributed by atoms with Gasteiger partial charge in [0.1, 0.15) is 0 Å². The van der Waals surface area contributed by atoms with Crippen LogP contribution in [0.15, 0.2) is 18.2 Å². The normalized spacial score (nSPS) is 16.3. The number of nitrogens with two attached hydrogens (primary N) is 1. The second kappa shape index (κ2) is 6.91. The van der Waals surface area contributed by atoms with Crippen molar-refractivity contribution >= 4 is 11.6 Å². The summed E-state index contributed by atoms with van der Waals surface area (Å²) in [6.07, 6.45) is 0. The molecule has 0 aromatic heterocycles. The van der Waals surface area contributed by atoms with Crippen LogP contribution in [0.25, 0.3) is 0 Å². The van der Waals surface area contributed by atoms with E-state index < -0.39 is 0 Å². The lowest BCUT2D eigenvalue weighted by Gasteiger charge is -2.35. The second-order valence-electron chi connectivity index (χ2n) is 6.18. The van der Waals surface area contributed by atoms with Crippen LogP contribution in [0.4, 0.5) is 5.69 Å². The highest BCUT2D eigenvalue weighted by atomic mass is 16.2. The minimum absolute atomic E-state index is 0.0622. The Morgan fingerprint density at radius 1 is 1.29 bits per heavy atom. The molecule has 2 rings (SSSR count). The van der Waals surface area contributed by atoms with Gasteiger partial charge in [0.2, 0.25) is 0 Å². The number of carbonyl (C=O) groups is 1. The van der Waals surface area contributed by atoms with Crippen molar-refractivity contribution in [3.05, 3.63) is 29.3 Å². The van der Waals surface area contributed by atoms with Gasteiger partial charge in [0.25, 0.3) is 5.91 Å². The Hall–Kier alpha value is -1.59. The van der Waals surface area contributed by atoms with E-state index in [-0.39, 0.29) is 5.91 Å². The van der Waals surface area contributed by atoms with Crippen LogP contribution in [0.1, 0.15) is 29.8 Å². The molecule has 21 heavy (non-hydrogen) atoms. The molecule has 1 heterocycles. The summed E-state index contributed by atoms with van der Waals surface area (Å²) in [5.41, 5.74) is 5.07. The standard InChI is InChI=1S/C16H26N4O/c1-12(2)11-19-6-8-20(9-7-19)16(21)14-5-4-13(3)10-15(14)18-17/h4-5,10,12,18H,6-9,11,17H2,1-3H3. The third kappa shape index (κ3) is 3.95. The van der Waals surface area contributed by atoms with E-state index in [1.54, 1.807) is 0 Å². The van der Waals surface area contributed by atoms with Gasteiger partial charge >= 0.3 is 0 Å². The fraction of sp³-hybridized carbons (Fsp3) is 0.562. The number of hydrogen-bond acceptors (Lipinski definition) is 4. The fourth-order valence-electron chi connectivity index (χ4n) is 2.78. The van der Waals surface area contributed by atoms with E-state index in [9.17, 15) is 4.79 Å². The zero-order chi connectivity index (χ0) is 15.4. The van der Waals surface area contributed by atoms with Crippen molar-refractivity contribution in [3.63, 3.8) is 0 Å². The van der Waals surface area contributed by atoms with Gasteiger partial charge in [-0.15, -0.1) is 0 Å². The van der Waals surface area contributed by atoms with E-state index in [0.717, 1.165) is 38.3 Å². The van der Waals surface area contributed by atoms with E-state index in [4.69, 9.17) is 5.84 Å². The van der Waals surface area contributed by atoms with Gasteiger partial charge in [0, 0.05) is 32.7 Å². The molecule has 0 aliphatic carbocycles. The molecule has 1 aromatic carbocycles. The van der Waals surface area contributed by atoms with Crippen LogP contribution in [0, 0.1) is 12.8 Å². The Labute approximate surface area is 127 Å². The molecule has 116 valence electrons. The fourth-order valence-corrected chi connectivity index (χ4v) is 2.78. The van der Waals surface area contributed by atoms with Gasteiger partial charge in [-0.25, -0.2) is 0 Å². The number of carbonyl (C=O) groups excluding carboxylic acids is 1.